The molecule has 16 heavy (non-hydrogen) atoms. The minimum Gasteiger partial charge on any atom is -0.361 e. The van der Waals surface area contributed by atoms with Gasteiger partial charge in [-0.25, -0.2) is 9.78 Å². The first kappa shape index (κ1) is 10.9. The molecule has 0 bridgehead atoms. The molecule has 0 amide bonds. The van der Waals surface area contributed by atoms with Gasteiger partial charge in [-0.3, -0.25) is 4.57 Å². The van der Waals surface area contributed by atoms with Gasteiger partial charge in [0.15, 0.2) is 0 Å². The highest BCUT2D eigenvalue weighted by atomic mass is 35.5. The number of halogens is 1. The van der Waals surface area contributed by atoms with Crippen LogP contribution in [0.3, 0.4) is 0 Å². The van der Waals surface area contributed by atoms with Gasteiger partial charge < -0.3 is 4.52 Å². The summed E-state index contributed by atoms with van der Waals surface area (Å²) in [6, 6.07) is 0. The van der Waals surface area contributed by atoms with Gasteiger partial charge in [0.05, 0.1) is 23.5 Å². The highest BCUT2D eigenvalue weighted by molar-refractivity contribution is 6.30. The summed E-state index contributed by atoms with van der Waals surface area (Å²) < 4.78 is 6.44. The molecule has 2 rings (SSSR count). The van der Waals surface area contributed by atoms with Crippen LogP contribution in [-0.2, 0) is 6.54 Å². The maximum absolute atomic E-state index is 11.5. The van der Waals surface area contributed by atoms with Crippen molar-refractivity contribution in [2.75, 3.05) is 0 Å². The van der Waals surface area contributed by atoms with Crippen molar-refractivity contribution in [3.8, 4) is 0 Å². The third-order valence-corrected chi connectivity index (χ3v) is 2.53. The van der Waals surface area contributed by atoms with Crippen LogP contribution in [-0.4, -0.2) is 14.7 Å². The van der Waals surface area contributed by atoms with Gasteiger partial charge >= 0.3 is 5.69 Å². The van der Waals surface area contributed by atoms with Crippen LogP contribution in [0.1, 0.15) is 17.0 Å². The van der Waals surface area contributed by atoms with E-state index in [0.717, 1.165) is 11.3 Å². The molecule has 0 aliphatic heterocycles. The van der Waals surface area contributed by atoms with Crippen LogP contribution in [0.15, 0.2) is 21.7 Å². The Hall–Kier alpha value is -1.62. The number of hydrogen-bond donors (Lipinski definition) is 0. The highest BCUT2D eigenvalue weighted by Crippen LogP contribution is 2.13. The average Bonchev–Trinajstić information content (AvgIpc) is 2.55. The van der Waals surface area contributed by atoms with E-state index in [0.29, 0.717) is 17.3 Å². The van der Waals surface area contributed by atoms with E-state index in [-0.39, 0.29) is 5.69 Å². The first-order valence-electron chi connectivity index (χ1n) is 4.71. The molecule has 0 fully saturated rings. The van der Waals surface area contributed by atoms with Gasteiger partial charge in [-0.1, -0.05) is 16.8 Å². The molecule has 0 unspecified atom stereocenters. The summed E-state index contributed by atoms with van der Waals surface area (Å²) in [5.41, 5.74) is 1.31. The highest BCUT2D eigenvalue weighted by Gasteiger charge is 2.10. The molecule has 6 heteroatoms. The minimum atomic E-state index is -0.343. The fourth-order valence-corrected chi connectivity index (χ4v) is 1.61. The molecule has 2 heterocycles. The second kappa shape index (κ2) is 4.09. The molecule has 0 aliphatic rings. The zero-order valence-electron chi connectivity index (χ0n) is 8.90. The SMILES string of the molecule is Cc1noc(C)c1Cn1cc(Cl)cnc1=O. The molecule has 2 aromatic heterocycles. The van der Waals surface area contributed by atoms with Crippen LogP contribution < -0.4 is 5.69 Å². The molecule has 0 N–H and O–H groups in total. The lowest BCUT2D eigenvalue weighted by molar-refractivity contribution is 0.392. The summed E-state index contributed by atoms with van der Waals surface area (Å²) >= 11 is 5.78. The molecule has 0 atom stereocenters. The Morgan fingerprint density at radius 1 is 1.50 bits per heavy atom. The maximum Gasteiger partial charge on any atom is 0.347 e. The first-order chi connectivity index (χ1) is 7.58. The summed E-state index contributed by atoms with van der Waals surface area (Å²) in [5.74, 6) is 0.698. The Labute approximate surface area is 96.7 Å². The van der Waals surface area contributed by atoms with Gasteiger partial charge in [-0.15, -0.1) is 0 Å². The molecule has 0 aromatic carbocycles. The number of rotatable bonds is 2. The van der Waals surface area contributed by atoms with Crippen LogP contribution in [0.5, 0.6) is 0 Å². The van der Waals surface area contributed by atoms with Gasteiger partial charge in [0.25, 0.3) is 0 Å². The van der Waals surface area contributed by atoms with Crippen molar-refractivity contribution >= 4 is 11.6 Å². The van der Waals surface area contributed by atoms with Crippen LogP contribution in [0.4, 0.5) is 0 Å². The summed E-state index contributed by atoms with van der Waals surface area (Å²) in [7, 11) is 0. The van der Waals surface area contributed by atoms with Crippen molar-refractivity contribution in [3.05, 3.63) is 44.9 Å². The molecule has 0 aliphatic carbocycles. The second-order valence-corrected chi connectivity index (χ2v) is 3.92. The summed E-state index contributed by atoms with van der Waals surface area (Å²) in [5, 5.41) is 4.24. The fraction of sp³-hybridized carbons (Fsp3) is 0.300. The average molecular weight is 240 g/mol. The van der Waals surface area contributed by atoms with Crippen molar-refractivity contribution < 1.29 is 4.52 Å². The number of aromatic nitrogens is 3. The normalized spacial score (nSPS) is 10.7. The molecule has 5 nitrogen and oxygen atoms in total. The largest absolute Gasteiger partial charge is 0.361 e. The predicted molar refractivity (Wildman–Crippen MR) is 58.6 cm³/mol. The lowest BCUT2D eigenvalue weighted by Gasteiger charge is -2.04. The molecule has 84 valence electrons. The molecular weight excluding hydrogens is 230 g/mol. The zero-order valence-corrected chi connectivity index (χ0v) is 9.65. The van der Waals surface area contributed by atoms with E-state index in [1.807, 2.05) is 6.92 Å². The lowest BCUT2D eigenvalue weighted by Crippen LogP contribution is -2.22. The van der Waals surface area contributed by atoms with E-state index in [1.165, 1.54) is 10.8 Å². The third-order valence-electron chi connectivity index (χ3n) is 2.33. The van der Waals surface area contributed by atoms with E-state index in [1.54, 1.807) is 13.1 Å². The summed E-state index contributed by atoms with van der Waals surface area (Å²) in [6.45, 7) is 4.00. The number of aryl methyl sites for hydroxylation is 2. The maximum atomic E-state index is 11.5. The topological polar surface area (TPSA) is 60.9 Å². The van der Waals surface area contributed by atoms with E-state index in [9.17, 15) is 4.79 Å². The van der Waals surface area contributed by atoms with Gasteiger partial charge in [0.1, 0.15) is 5.76 Å². The monoisotopic (exact) mass is 239 g/mol. The van der Waals surface area contributed by atoms with Gasteiger partial charge in [-0.2, -0.15) is 0 Å². The Kier molecular flexibility index (Phi) is 2.78. The molecule has 0 radical (unpaired) electrons. The van der Waals surface area contributed by atoms with E-state index in [2.05, 4.69) is 10.1 Å². The van der Waals surface area contributed by atoms with Crippen LogP contribution in [0.2, 0.25) is 5.02 Å². The number of hydrogen-bond acceptors (Lipinski definition) is 4. The Morgan fingerprint density at radius 2 is 2.25 bits per heavy atom. The summed E-state index contributed by atoms with van der Waals surface area (Å²) in [6.07, 6.45) is 2.87. The first-order valence-corrected chi connectivity index (χ1v) is 5.09. The van der Waals surface area contributed by atoms with Crippen LogP contribution in [0, 0.1) is 13.8 Å². The Morgan fingerprint density at radius 3 is 2.88 bits per heavy atom. The fourth-order valence-electron chi connectivity index (χ4n) is 1.44. The van der Waals surface area contributed by atoms with Crippen molar-refractivity contribution in [2.45, 2.75) is 20.4 Å². The van der Waals surface area contributed by atoms with Crippen molar-refractivity contribution in [3.63, 3.8) is 0 Å². The standard InChI is InChI=1S/C10H10ClN3O2/c1-6-9(7(2)16-13-6)5-14-4-8(11)3-12-10(14)15/h3-4H,5H2,1-2H3. The van der Waals surface area contributed by atoms with Crippen LogP contribution in [0.25, 0.3) is 0 Å². The predicted octanol–water partition coefficient (Wildman–Crippen LogP) is 1.55. The molecule has 0 saturated carbocycles. The molecule has 2 aromatic rings. The van der Waals surface area contributed by atoms with E-state index < -0.39 is 0 Å². The molecular formula is C10H10ClN3O2. The van der Waals surface area contributed by atoms with Gasteiger partial charge in [0.2, 0.25) is 0 Å². The van der Waals surface area contributed by atoms with E-state index in [4.69, 9.17) is 16.1 Å². The molecule has 0 saturated heterocycles. The Balaban J connectivity index is 2.41. The van der Waals surface area contributed by atoms with E-state index >= 15 is 0 Å². The van der Waals surface area contributed by atoms with Crippen molar-refractivity contribution in [2.24, 2.45) is 0 Å². The quantitative estimate of drug-likeness (QED) is 0.798. The smallest absolute Gasteiger partial charge is 0.347 e. The second-order valence-electron chi connectivity index (χ2n) is 3.49. The molecule has 0 spiro atoms. The van der Waals surface area contributed by atoms with Crippen LogP contribution >= 0.6 is 11.6 Å². The third kappa shape index (κ3) is 1.99. The minimum absolute atomic E-state index is 0.343. The lowest BCUT2D eigenvalue weighted by atomic mass is 10.2. The van der Waals surface area contributed by atoms with Gasteiger partial charge in [-0.05, 0) is 13.8 Å². The Bertz CT molecular complexity index is 554. The van der Waals surface area contributed by atoms with Crippen molar-refractivity contribution in [1.29, 1.82) is 0 Å². The summed E-state index contributed by atoms with van der Waals surface area (Å²) in [4.78, 5) is 15.1. The zero-order chi connectivity index (χ0) is 11.7. The number of nitrogens with zero attached hydrogens (tertiary/aromatic N) is 3. The van der Waals surface area contributed by atoms with Crippen molar-refractivity contribution in [1.82, 2.24) is 14.7 Å². The van der Waals surface area contributed by atoms with Gasteiger partial charge in [0, 0.05) is 11.8 Å².